The van der Waals surface area contributed by atoms with Crippen LogP contribution < -0.4 is 9.47 Å². The molecule has 0 aliphatic rings. The summed E-state index contributed by atoms with van der Waals surface area (Å²) >= 11 is 0. The molecule has 0 saturated carbocycles. The Morgan fingerprint density at radius 3 is 1.94 bits per heavy atom. The lowest BCUT2D eigenvalue weighted by molar-refractivity contribution is 0.406. The fourth-order valence-corrected chi connectivity index (χ4v) is 1.92. The molecule has 0 amide bonds. The Kier molecular flexibility index (Phi) is 3.33. The first-order valence-electron chi connectivity index (χ1n) is 5.59. The highest BCUT2D eigenvalue weighted by atomic mass is 16.5. The van der Waals surface area contributed by atoms with Crippen molar-refractivity contribution in [1.82, 2.24) is 0 Å². The van der Waals surface area contributed by atoms with Gasteiger partial charge in [0.1, 0.15) is 17.2 Å². The fraction of sp³-hybridized carbons (Fsp3) is 0.200. The zero-order chi connectivity index (χ0) is 12.3. The van der Waals surface area contributed by atoms with Crippen LogP contribution in [-0.4, -0.2) is 7.11 Å². The Bertz CT molecular complexity index is 481. The Hall–Kier alpha value is -1.96. The van der Waals surface area contributed by atoms with Crippen molar-refractivity contribution in [3.63, 3.8) is 0 Å². The van der Waals surface area contributed by atoms with E-state index in [4.69, 9.17) is 9.47 Å². The Morgan fingerprint density at radius 1 is 0.824 bits per heavy atom. The summed E-state index contributed by atoms with van der Waals surface area (Å²) in [6.07, 6.45) is 0. The van der Waals surface area contributed by atoms with E-state index in [1.165, 1.54) is 0 Å². The Morgan fingerprint density at radius 2 is 1.41 bits per heavy atom. The smallest absolute Gasteiger partial charge is 0.128 e. The molecule has 17 heavy (non-hydrogen) atoms. The molecule has 2 nitrogen and oxygen atoms in total. The second-order valence-corrected chi connectivity index (χ2v) is 4.01. The standard InChI is InChI=1S/C15H16O2/c1-11-9-14(10-12(2)15(11)16-3)17-13-7-5-4-6-8-13/h4-10H,1-3H3. The van der Waals surface area contributed by atoms with Crippen LogP contribution in [0.5, 0.6) is 17.2 Å². The number of aryl methyl sites for hydroxylation is 2. The third-order valence-corrected chi connectivity index (χ3v) is 2.62. The monoisotopic (exact) mass is 228 g/mol. The van der Waals surface area contributed by atoms with Crippen LogP contribution in [0.3, 0.4) is 0 Å². The van der Waals surface area contributed by atoms with Crippen LogP contribution in [0.15, 0.2) is 42.5 Å². The Labute approximate surface area is 102 Å². The molecule has 0 N–H and O–H groups in total. The molecule has 0 heterocycles. The van der Waals surface area contributed by atoms with Crippen LogP contribution in [0.1, 0.15) is 11.1 Å². The molecule has 0 spiro atoms. The van der Waals surface area contributed by atoms with Gasteiger partial charge >= 0.3 is 0 Å². The molecule has 0 aromatic heterocycles. The van der Waals surface area contributed by atoms with Gasteiger partial charge in [0, 0.05) is 0 Å². The van der Waals surface area contributed by atoms with Crippen LogP contribution in [0, 0.1) is 13.8 Å². The molecule has 0 bridgehead atoms. The molecular weight excluding hydrogens is 212 g/mol. The molecule has 2 aromatic rings. The predicted octanol–water partition coefficient (Wildman–Crippen LogP) is 4.10. The van der Waals surface area contributed by atoms with Gasteiger partial charge in [0.05, 0.1) is 7.11 Å². The lowest BCUT2D eigenvalue weighted by Gasteiger charge is -2.12. The molecule has 0 radical (unpaired) electrons. The van der Waals surface area contributed by atoms with Gasteiger partial charge in [-0.15, -0.1) is 0 Å². The molecule has 2 aromatic carbocycles. The molecule has 0 saturated heterocycles. The SMILES string of the molecule is COc1c(C)cc(Oc2ccccc2)cc1C. The number of hydrogen-bond acceptors (Lipinski definition) is 2. The number of benzene rings is 2. The van der Waals surface area contributed by atoms with Crippen molar-refractivity contribution in [3.8, 4) is 17.2 Å². The molecule has 0 aliphatic heterocycles. The van der Waals surface area contributed by atoms with Crippen molar-refractivity contribution in [2.45, 2.75) is 13.8 Å². The van der Waals surface area contributed by atoms with E-state index >= 15 is 0 Å². The van der Waals surface area contributed by atoms with Crippen molar-refractivity contribution in [3.05, 3.63) is 53.6 Å². The quantitative estimate of drug-likeness (QED) is 0.787. The maximum Gasteiger partial charge on any atom is 0.128 e. The molecule has 0 aliphatic carbocycles. The van der Waals surface area contributed by atoms with Gasteiger partial charge < -0.3 is 9.47 Å². The van der Waals surface area contributed by atoms with E-state index in [1.807, 2.05) is 56.3 Å². The van der Waals surface area contributed by atoms with E-state index in [1.54, 1.807) is 7.11 Å². The molecule has 0 atom stereocenters. The van der Waals surface area contributed by atoms with Crippen LogP contribution in [0.25, 0.3) is 0 Å². The third kappa shape index (κ3) is 2.59. The first-order valence-corrected chi connectivity index (χ1v) is 5.59. The topological polar surface area (TPSA) is 18.5 Å². The zero-order valence-electron chi connectivity index (χ0n) is 10.4. The summed E-state index contributed by atoms with van der Waals surface area (Å²) in [6, 6.07) is 13.7. The van der Waals surface area contributed by atoms with Gasteiger partial charge in [0.2, 0.25) is 0 Å². The minimum absolute atomic E-state index is 0.840. The fourth-order valence-electron chi connectivity index (χ4n) is 1.92. The number of hydrogen-bond donors (Lipinski definition) is 0. The van der Waals surface area contributed by atoms with Crippen molar-refractivity contribution in [1.29, 1.82) is 0 Å². The van der Waals surface area contributed by atoms with Gasteiger partial charge in [-0.05, 0) is 49.2 Å². The molecule has 0 fully saturated rings. The minimum Gasteiger partial charge on any atom is -0.496 e. The number of para-hydroxylation sites is 1. The van der Waals surface area contributed by atoms with Crippen LogP contribution in [-0.2, 0) is 0 Å². The normalized spacial score (nSPS) is 10.1. The highest BCUT2D eigenvalue weighted by Crippen LogP contribution is 2.30. The van der Waals surface area contributed by atoms with Crippen LogP contribution >= 0.6 is 0 Å². The van der Waals surface area contributed by atoms with E-state index in [0.717, 1.165) is 28.4 Å². The van der Waals surface area contributed by atoms with Crippen LogP contribution in [0.4, 0.5) is 0 Å². The molecule has 2 heteroatoms. The van der Waals surface area contributed by atoms with E-state index in [2.05, 4.69) is 0 Å². The van der Waals surface area contributed by atoms with Crippen molar-refractivity contribution >= 4 is 0 Å². The van der Waals surface area contributed by atoms with Gasteiger partial charge in [-0.2, -0.15) is 0 Å². The molecule has 0 unspecified atom stereocenters. The van der Waals surface area contributed by atoms with Crippen molar-refractivity contribution < 1.29 is 9.47 Å². The third-order valence-electron chi connectivity index (χ3n) is 2.62. The van der Waals surface area contributed by atoms with Crippen molar-refractivity contribution in [2.24, 2.45) is 0 Å². The largest absolute Gasteiger partial charge is 0.496 e. The number of methoxy groups -OCH3 is 1. The second-order valence-electron chi connectivity index (χ2n) is 4.01. The maximum atomic E-state index is 5.78. The average Bonchev–Trinajstić information content (AvgIpc) is 2.30. The summed E-state index contributed by atoms with van der Waals surface area (Å²) in [5, 5.41) is 0. The number of ether oxygens (including phenoxy) is 2. The number of rotatable bonds is 3. The maximum absolute atomic E-state index is 5.78. The van der Waals surface area contributed by atoms with E-state index in [9.17, 15) is 0 Å². The lowest BCUT2D eigenvalue weighted by atomic mass is 10.1. The highest BCUT2D eigenvalue weighted by Gasteiger charge is 2.06. The summed E-state index contributed by atoms with van der Waals surface area (Å²) < 4.78 is 11.1. The molecule has 2 rings (SSSR count). The average molecular weight is 228 g/mol. The first-order chi connectivity index (χ1) is 8.20. The molecular formula is C15H16O2. The van der Waals surface area contributed by atoms with Gasteiger partial charge in [-0.3, -0.25) is 0 Å². The zero-order valence-corrected chi connectivity index (χ0v) is 10.4. The predicted molar refractivity (Wildman–Crippen MR) is 69.0 cm³/mol. The van der Waals surface area contributed by atoms with Crippen LogP contribution in [0.2, 0.25) is 0 Å². The van der Waals surface area contributed by atoms with E-state index in [0.29, 0.717) is 0 Å². The highest BCUT2D eigenvalue weighted by molar-refractivity contribution is 5.47. The van der Waals surface area contributed by atoms with Gasteiger partial charge in [0.15, 0.2) is 0 Å². The summed E-state index contributed by atoms with van der Waals surface area (Å²) in [4.78, 5) is 0. The summed E-state index contributed by atoms with van der Waals surface area (Å²) in [5.74, 6) is 2.61. The second kappa shape index (κ2) is 4.91. The van der Waals surface area contributed by atoms with Gasteiger partial charge in [-0.25, -0.2) is 0 Å². The van der Waals surface area contributed by atoms with Gasteiger partial charge in [-0.1, -0.05) is 18.2 Å². The first kappa shape index (κ1) is 11.5. The van der Waals surface area contributed by atoms with Crippen molar-refractivity contribution in [2.75, 3.05) is 7.11 Å². The van der Waals surface area contributed by atoms with E-state index in [-0.39, 0.29) is 0 Å². The van der Waals surface area contributed by atoms with E-state index < -0.39 is 0 Å². The lowest BCUT2D eigenvalue weighted by Crippen LogP contribution is -1.92. The summed E-state index contributed by atoms with van der Waals surface area (Å²) in [5.41, 5.74) is 2.16. The minimum atomic E-state index is 0.840. The Balaban J connectivity index is 2.29. The summed E-state index contributed by atoms with van der Waals surface area (Å²) in [6.45, 7) is 4.04. The molecule has 88 valence electrons. The van der Waals surface area contributed by atoms with Gasteiger partial charge in [0.25, 0.3) is 0 Å². The summed E-state index contributed by atoms with van der Waals surface area (Å²) in [7, 11) is 1.69.